The molecule has 0 radical (unpaired) electrons. The van der Waals surface area contributed by atoms with Gasteiger partial charge in [0.05, 0.1) is 0 Å². The molecule has 0 aromatic rings. The summed E-state index contributed by atoms with van der Waals surface area (Å²) in [7, 11) is 0. The molecular formula is C20H36N4Ni-4. The Balaban J connectivity index is 0.000000173. The Morgan fingerprint density at radius 1 is 0.480 bits per heavy atom. The zero-order valence-electron chi connectivity index (χ0n) is 17.2. The van der Waals surface area contributed by atoms with Crippen LogP contribution >= 0.6 is 0 Å². The SMILES string of the molecule is CC1(C)CC2CC(C)(C)[N-]C2[N-]1.CC1(C)CC2CC(C)(C)[N-]C2[N-]1.[Ni]. The minimum atomic E-state index is 0. The van der Waals surface area contributed by atoms with Crippen LogP contribution in [0.4, 0.5) is 0 Å². The standard InChI is InChI=1S/2C10H18N2.Ni/c2*1-9(2)5-7-6-10(3,4)12-8(7)11-9;/h2*7-8H,5-6H2,1-4H3;/q2*-2;. The van der Waals surface area contributed by atoms with E-state index in [1.807, 2.05) is 0 Å². The predicted octanol–water partition coefficient (Wildman–Crippen LogP) is 6.08. The van der Waals surface area contributed by atoms with Crippen molar-refractivity contribution in [1.82, 2.24) is 0 Å². The number of nitrogens with zero attached hydrogens (tertiary/aromatic N) is 4. The topological polar surface area (TPSA) is 56.4 Å². The molecule has 4 aliphatic heterocycles. The summed E-state index contributed by atoms with van der Waals surface area (Å²) in [6, 6.07) is 0. The maximum absolute atomic E-state index is 4.71. The Morgan fingerprint density at radius 2 is 0.680 bits per heavy atom. The first kappa shape index (κ1) is 21.6. The van der Waals surface area contributed by atoms with Gasteiger partial charge in [-0.3, -0.25) is 0 Å². The molecule has 0 spiro atoms. The van der Waals surface area contributed by atoms with Crippen molar-refractivity contribution in [3.63, 3.8) is 0 Å². The molecule has 5 heteroatoms. The third kappa shape index (κ3) is 5.20. The van der Waals surface area contributed by atoms with Crippen LogP contribution < -0.4 is 0 Å². The smallest absolute Gasteiger partial charge is 0 e. The molecule has 4 heterocycles. The Morgan fingerprint density at radius 3 is 0.840 bits per heavy atom. The van der Waals surface area contributed by atoms with Gasteiger partial charge in [-0.2, -0.15) is 0 Å². The molecule has 0 aliphatic carbocycles. The summed E-state index contributed by atoms with van der Waals surface area (Å²) in [5, 5.41) is 18.8. The minimum Gasteiger partial charge on any atom is -0.673 e. The molecule has 0 atom stereocenters. The maximum atomic E-state index is 4.71. The molecule has 0 unspecified atom stereocenters. The van der Waals surface area contributed by atoms with E-state index in [9.17, 15) is 0 Å². The molecule has 4 rings (SSSR count). The third-order valence-electron chi connectivity index (χ3n) is 5.82. The van der Waals surface area contributed by atoms with Crippen molar-refractivity contribution in [3.8, 4) is 0 Å². The van der Waals surface area contributed by atoms with Crippen LogP contribution in [0.25, 0.3) is 21.3 Å². The summed E-state index contributed by atoms with van der Waals surface area (Å²) in [5.74, 6) is 1.46. The zero-order chi connectivity index (χ0) is 18.0. The Bertz CT molecular complexity index is 366. The predicted molar refractivity (Wildman–Crippen MR) is 103 cm³/mol. The molecule has 150 valence electrons. The van der Waals surface area contributed by atoms with Crippen LogP contribution in [0.3, 0.4) is 0 Å². The summed E-state index contributed by atoms with van der Waals surface area (Å²) in [5.41, 5.74) is 0.759. The molecule has 0 bridgehead atoms. The van der Waals surface area contributed by atoms with Crippen LogP contribution in [-0.4, -0.2) is 34.5 Å². The van der Waals surface area contributed by atoms with Crippen LogP contribution in [-0.2, 0) is 16.5 Å². The van der Waals surface area contributed by atoms with Crippen LogP contribution in [0, 0.1) is 11.8 Å². The summed E-state index contributed by atoms with van der Waals surface area (Å²) in [4.78, 5) is 0. The van der Waals surface area contributed by atoms with Crippen molar-refractivity contribution in [2.75, 3.05) is 0 Å². The second-order valence-electron chi connectivity index (χ2n) is 10.9. The Labute approximate surface area is 165 Å². The summed E-state index contributed by atoms with van der Waals surface area (Å²) >= 11 is 0. The first-order chi connectivity index (χ1) is 10.8. The van der Waals surface area contributed by atoms with E-state index in [0.29, 0.717) is 12.3 Å². The second-order valence-corrected chi connectivity index (χ2v) is 10.9. The second kappa shape index (κ2) is 6.74. The number of hydrogen-bond acceptors (Lipinski definition) is 0. The molecule has 0 amide bonds. The van der Waals surface area contributed by atoms with Gasteiger partial charge >= 0.3 is 0 Å². The Kier molecular flexibility index (Phi) is 5.83. The third-order valence-corrected chi connectivity index (χ3v) is 5.82. The maximum Gasteiger partial charge on any atom is 0 e. The first-order valence-electron chi connectivity index (χ1n) is 9.64. The normalized spacial score (nSPS) is 41.3. The summed E-state index contributed by atoms with van der Waals surface area (Å²) in [6.45, 7) is 17.7. The van der Waals surface area contributed by atoms with Crippen molar-refractivity contribution in [2.24, 2.45) is 11.8 Å². The van der Waals surface area contributed by atoms with E-state index in [-0.39, 0.29) is 38.6 Å². The van der Waals surface area contributed by atoms with E-state index in [4.69, 9.17) is 21.3 Å². The van der Waals surface area contributed by atoms with Gasteiger partial charge in [0.1, 0.15) is 0 Å². The van der Waals surface area contributed by atoms with E-state index in [1.54, 1.807) is 0 Å². The van der Waals surface area contributed by atoms with Crippen molar-refractivity contribution < 1.29 is 16.5 Å². The van der Waals surface area contributed by atoms with Gasteiger partial charge in [-0.05, 0) is 0 Å². The van der Waals surface area contributed by atoms with Gasteiger partial charge in [-0.1, -0.05) is 92.9 Å². The number of hydrogen-bond donors (Lipinski definition) is 0. The van der Waals surface area contributed by atoms with Crippen molar-refractivity contribution in [1.29, 1.82) is 0 Å². The fraction of sp³-hybridized carbons (Fsp3) is 1.00. The van der Waals surface area contributed by atoms with E-state index < -0.39 is 0 Å². The molecule has 0 N–H and O–H groups in total. The van der Waals surface area contributed by atoms with Crippen molar-refractivity contribution in [2.45, 2.75) is 116 Å². The monoisotopic (exact) mass is 390 g/mol. The van der Waals surface area contributed by atoms with E-state index in [2.05, 4.69) is 55.4 Å². The van der Waals surface area contributed by atoms with Gasteiger partial charge in [0.2, 0.25) is 0 Å². The number of fused-ring (bicyclic) bond motifs is 2. The molecular weight excluding hydrogens is 355 g/mol. The molecule has 0 saturated carbocycles. The molecule has 4 nitrogen and oxygen atoms in total. The molecule has 0 aromatic heterocycles. The van der Waals surface area contributed by atoms with Gasteiger partial charge in [0, 0.05) is 16.5 Å². The van der Waals surface area contributed by atoms with Gasteiger partial charge in [0.25, 0.3) is 0 Å². The van der Waals surface area contributed by atoms with Crippen LogP contribution in [0.1, 0.15) is 81.1 Å². The molecule has 25 heavy (non-hydrogen) atoms. The minimum absolute atomic E-state index is 0. The quantitative estimate of drug-likeness (QED) is 0.450. The van der Waals surface area contributed by atoms with E-state index >= 15 is 0 Å². The van der Waals surface area contributed by atoms with Crippen LogP contribution in [0.5, 0.6) is 0 Å². The molecule has 4 saturated heterocycles. The van der Waals surface area contributed by atoms with E-state index in [0.717, 1.165) is 11.8 Å². The fourth-order valence-corrected chi connectivity index (χ4v) is 5.25. The average Bonchev–Trinajstić information content (AvgIpc) is 2.89. The average molecular weight is 391 g/mol. The van der Waals surface area contributed by atoms with Gasteiger partial charge in [0.15, 0.2) is 0 Å². The number of rotatable bonds is 0. The van der Waals surface area contributed by atoms with Gasteiger partial charge in [-0.25, -0.2) is 12.3 Å². The molecule has 4 aliphatic rings. The first-order valence-corrected chi connectivity index (χ1v) is 9.64. The van der Waals surface area contributed by atoms with Crippen molar-refractivity contribution in [3.05, 3.63) is 21.3 Å². The summed E-state index contributed by atoms with van der Waals surface area (Å²) in [6.07, 6.45) is 5.54. The Hall–Kier alpha value is 0.334. The van der Waals surface area contributed by atoms with Crippen molar-refractivity contribution >= 4 is 0 Å². The molecule has 0 aromatic carbocycles. The van der Waals surface area contributed by atoms with Crippen LogP contribution in [0.2, 0.25) is 0 Å². The zero-order valence-corrected chi connectivity index (χ0v) is 18.2. The van der Waals surface area contributed by atoms with Gasteiger partial charge < -0.3 is 21.3 Å². The van der Waals surface area contributed by atoms with Crippen LogP contribution in [0.15, 0.2) is 0 Å². The largest absolute Gasteiger partial charge is 0.673 e. The summed E-state index contributed by atoms with van der Waals surface area (Å²) < 4.78 is 0. The fourth-order valence-electron chi connectivity index (χ4n) is 5.25. The van der Waals surface area contributed by atoms with Gasteiger partial charge in [-0.15, -0.1) is 22.2 Å². The molecule has 4 fully saturated rings. The van der Waals surface area contributed by atoms with E-state index in [1.165, 1.54) is 25.7 Å².